The van der Waals surface area contributed by atoms with Crippen LogP contribution in [-0.2, 0) is 9.53 Å². The van der Waals surface area contributed by atoms with Crippen molar-refractivity contribution in [3.05, 3.63) is 0 Å². The van der Waals surface area contributed by atoms with Gasteiger partial charge in [-0.1, -0.05) is 13.8 Å². The average Bonchev–Trinajstić information content (AvgIpc) is 2.29. The van der Waals surface area contributed by atoms with Gasteiger partial charge in [0.15, 0.2) is 0 Å². The maximum Gasteiger partial charge on any atom is 0.242 e. The Balaban J connectivity index is 0.00000144. The molecule has 5 heteroatoms. The van der Waals surface area contributed by atoms with Crippen molar-refractivity contribution in [2.45, 2.75) is 32.7 Å². The smallest absolute Gasteiger partial charge is 0.242 e. The number of piperidine rings is 1. The highest BCUT2D eigenvalue weighted by Gasteiger charge is 2.31. The lowest BCUT2D eigenvalue weighted by molar-refractivity contribution is -0.138. The Hall–Kier alpha value is -0.320. The molecule has 0 aromatic carbocycles. The minimum absolute atomic E-state index is 0. The molecule has 1 N–H and O–H groups in total. The van der Waals surface area contributed by atoms with E-state index < -0.39 is 0 Å². The van der Waals surface area contributed by atoms with Crippen LogP contribution in [-0.4, -0.2) is 49.7 Å². The summed E-state index contributed by atoms with van der Waals surface area (Å²) in [4.78, 5) is 14.1. The molecular formula is C12H23ClN2O2. The van der Waals surface area contributed by atoms with E-state index in [1.54, 1.807) is 0 Å². The standard InChI is InChI=1S/C12H22N2O2.ClH/c1-12(2)3-6-14(7-4-12)11(15)10-9-16-8-5-13-10;/h10,13H,3-9H2,1-2H3;1H. The molecule has 0 aromatic heterocycles. The molecule has 2 aliphatic heterocycles. The van der Waals surface area contributed by atoms with Crippen molar-refractivity contribution in [1.29, 1.82) is 0 Å². The Morgan fingerprint density at radius 2 is 2.00 bits per heavy atom. The van der Waals surface area contributed by atoms with Crippen LogP contribution in [0.2, 0.25) is 0 Å². The average molecular weight is 263 g/mol. The van der Waals surface area contributed by atoms with Gasteiger partial charge in [0.05, 0.1) is 13.2 Å². The summed E-state index contributed by atoms with van der Waals surface area (Å²) in [6, 6.07) is -0.116. The molecule has 0 aromatic rings. The third-order valence-electron chi connectivity index (χ3n) is 3.65. The number of halogens is 1. The van der Waals surface area contributed by atoms with Crippen LogP contribution in [0.1, 0.15) is 26.7 Å². The Morgan fingerprint density at radius 1 is 1.35 bits per heavy atom. The highest BCUT2D eigenvalue weighted by molar-refractivity contribution is 5.85. The van der Waals surface area contributed by atoms with E-state index in [2.05, 4.69) is 19.2 Å². The number of carbonyl (C=O) groups is 1. The SMILES string of the molecule is CC1(C)CCN(C(=O)C2COCCN2)CC1.Cl. The minimum Gasteiger partial charge on any atom is -0.378 e. The molecule has 0 aliphatic carbocycles. The number of carbonyl (C=O) groups excluding carboxylic acids is 1. The third-order valence-corrected chi connectivity index (χ3v) is 3.65. The topological polar surface area (TPSA) is 41.6 Å². The summed E-state index contributed by atoms with van der Waals surface area (Å²) in [6.45, 7) is 8.37. The summed E-state index contributed by atoms with van der Waals surface area (Å²) in [5, 5.41) is 3.22. The van der Waals surface area contributed by atoms with E-state index in [0.717, 1.165) is 39.1 Å². The van der Waals surface area contributed by atoms with Gasteiger partial charge in [-0.3, -0.25) is 4.79 Å². The second-order valence-corrected chi connectivity index (χ2v) is 5.57. The summed E-state index contributed by atoms with van der Waals surface area (Å²) >= 11 is 0. The van der Waals surface area contributed by atoms with E-state index in [4.69, 9.17) is 4.74 Å². The zero-order valence-corrected chi connectivity index (χ0v) is 11.5. The van der Waals surface area contributed by atoms with E-state index >= 15 is 0 Å². The van der Waals surface area contributed by atoms with E-state index in [1.807, 2.05) is 4.90 Å². The molecule has 0 bridgehead atoms. The van der Waals surface area contributed by atoms with Crippen LogP contribution in [0.4, 0.5) is 0 Å². The summed E-state index contributed by atoms with van der Waals surface area (Å²) in [5.74, 6) is 0.218. The summed E-state index contributed by atoms with van der Waals surface area (Å²) in [5.41, 5.74) is 0.396. The van der Waals surface area contributed by atoms with E-state index in [1.165, 1.54) is 0 Å². The molecule has 0 spiro atoms. The Morgan fingerprint density at radius 3 is 2.53 bits per heavy atom. The normalized spacial score (nSPS) is 28.4. The second kappa shape index (κ2) is 6.03. The maximum atomic E-state index is 12.1. The molecule has 100 valence electrons. The number of nitrogens with zero attached hydrogens (tertiary/aromatic N) is 1. The van der Waals surface area contributed by atoms with Gasteiger partial charge >= 0.3 is 0 Å². The fourth-order valence-electron chi connectivity index (χ4n) is 2.28. The molecule has 2 aliphatic rings. The summed E-state index contributed by atoms with van der Waals surface area (Å²) in [7, 11) is 0. The van der Waals surface area contributed by atoms with Crippen molar-refractivity contribution in [3.8, 4) is 0 Å². The lowest BCUT2D eigenvalue weighted by Crippen LogP contribution is -2.54. The lowest BCUT2D eigenvalue weighted by Gasteiger charge is -2.39. The van der Waals surface area contributed by atoms with Gasteiger partial charge in [-0.2, -0.15) is 0 Å². The van der Waals surface area contributed by atoms with Crippen molar-refractivity contribution in [2.75, 3.05) is 32.8 Å². The van der Waals surface area contributed by atoms with Gasteiger partial charge in [0.2, 0.25) is 5.91 Å². The van der Waals surface area contributed by atoms with E-state index in [9.17, 15) is 4.79 Å². The number of rotatable bonds is 1. The van der Waals surface area contributed by atoms with Crippen molar-refractivity contribution in [1.82, 2.24) is 10.2 Å². The number of hydrogen-bond donors (Lipinski definition) is 1. The fraction of sp³-hybridized carbons (Fsp3) is 0.917. The number of morpholine rings is 1. The molecule has 1 unspecified atom stereocenters. The van der Waals surface area contributed by atoms with Crippen LogP contribution >= 0.6 is 12.4 Å². The Kier molecular flexibility index (Phi) is 5.22. The first-order chi connectivity index (χ1) is 7.58. The van der Waals surface area contributed by atoms with Crippen LogP contribution < -0.4 is 5.32 Å². The first-order valence-electron chi connectivity index (χ1n) is 6.18. The maximum absolute atomic E-state index is 12.1. The van der Waals surface area contributed by atoms with E-state index in [-0.39, 0.29) is 24.4 Å². The number of hydrogen-bond acceptors (Lipinski definition) is 3. The predicted octanol–water partition coefficient (Wildman–Crippen LogP) is 1.05. The van der Waals surface area contributed by atoms with Gasteiger partial charge in [0, 0.05) is 19.6 Å². The first kappa shape index (κ1) is 14.7. The first-order valence-corrected chi connectivity index (χ1v) is 6.18. The second-order valence-electron chi connectivity index (χ2n) is 5.57. The highest BCUT2D eigenvalue weighted by atomic mass is 35.5. The molecule has 0 saturated carbocycles. The molecular weight excluding hydrogens is 240 g/mol. The number of likely N-dealkylation sites (tertiary alicyclic amines) is 1. The van der Waals surface area contributed by atoms with Crippen LogP contribution in [0.5, 0.6) is 0 Å². The van der Waals surface area contributed by atoms with Gasteiger partial charge < -0.3 is 15.0 Å². The van der Waals surface area contributed by atoms with Gasteiger partial charge in [0.25, 0.3) is 0 Å². The number of amides is 1. The molecule has 2 saturated heterocycles. The Labute approximate surface area is 109 Å². The lowest BCUT2D eigenvalue weighted by atomic mass is 9.82. The van der Waals surface area contributed by atoms with Gasteiger partial charge in [-0.05, 0) is 18.3 Å². The molecule has 2 fully saturated rings. The van der Waals surface area contributed by atoms with Gasteiger partial charge in [-0.25, -0.2) is 0 Å². The van der Waals surface area contributed by atoms with Crippen molar-refractivity contribution >= 4 is 18.3 Å². The molecule has 4 nitrogen and oxygen atoms in total. The van der Waals surface area contributed by atoms with Gasteiger partial charge in [-0.15, -0.1) is 12.4 Å². The Bertz CT molecular complexity index is 255. The van der Waals surface area contributed by atoms with Crippen molar-refractivity contribution in [3.63, 3.8) is 0 Å². The van der Waals surface area contributed by atoms with Crippen LogP contribution in [0.3, 0.4) is 0 Å². The van der Waals surface area contributed by atoms with E-state index in [0.29, 0.717) is 12.0 Å². The number of ether oxygens (including phenoxy) is 1. The monoisotopic (exact) mass is 262 g/mol. The molecule has 2 heterocycles. The molecule has 0 radical (unpaired) electrons. The minimum atomic E-state index is -0.116. The highest BCUT2D eigenvalue weighted by Crippen LogP contribution is 2.29. The van der Waals surface area contributed by atoms with Crippen molar-refractivity contribution in [2.24, 2.45) is 5.41 Å². The molecule has 2 rings (SSSR count). The van der Waals surface area contributed by atoms with Gasteiger partial charge in [0.1, 0.15) is 6.04 Å². The number of nitrogens with one attached hydrogen (secondary N) is 1. The zero-order valence-electron chi connectivity index (χ0n) is 10.7. The van der Waals surface area contributed by atoms with Crippen LogP contribution in [0.15, 0.2) is 0 Å². The predicted molar refractivity (Wildman–Crippen MR) is 69.5 cm³/mol. The molecule has 1 amide bonds. The largest absolute Gasteiger partial charge is 0.378 e. The zero-order chi connectivity index (χ0) is 11.6. The van der Waals surface area contributed by atoms with Crippen LogP contribution in [0, 0.1) is 5.41 Å². The third kappa shape index (κ3) is 3.83. The summed E-state index contributed by atoms with van der Waals surface area (Å²) < 4.78 is 5.32. The molecule has 1 atom stereocenters. The van der Waals surface area contributed by atoms with Crippen molar-refractivity contribution < 1.29 is 9.53 Å². The van der Waals surface area contributed by atoms with Crippen LogP contribution in [0.25, 0.3) is 0 Å². The fourth-order valence-corrected chi connectivity index (χ4v) is 2.28. The summed E-state index contributed by atoms with van der Waals surface area (Å²) in [6.07, 6.45) is 2.21. The quantitative estimate of drug-likeness (QED) is 0.768. The molecule has 17 heavy (non-hydrogen) atoms.